The van der Waals surface area contributed by atoms with E-state index in [0.717, 1.165) is 39.3 Å². The summed E-state index contributed by atoms with van der Waals surface area (Å²) in [6, 6.07) is 0. The minimum Gasteiger partial charge on any atom is -0.394 e. The zero-order valence-electron chi connectivity index (χ0n) is 14.0. The molecule has 0 atom stereocenters. The second-order valence-corrected chi connectivity index (χ2v) is 7.71. The van der Waals surface area contributed by atoms with Gasteiger partial charge in [0.15, 0.2) is 0 Å². The third kappa shape index (κ3) is 5.59. The van der Waals surface area contributed by atoms with Crippen LogP contribution in [0, 0.1) is 0 Å². The number of hydrogen-bond donors (Lipinski definition) is 1. The van der Waals surface area contributed by atoms with Gasteiger partial charge in [0, 0.05) is 50.1 Å². The summed E-state index contributed by atoms with van der Waals surface area (Å²) in [5.41, 5.74) is 1.35. The standard InChI is InChI=1S/C16H29N3O2S/c1-16(2,3)15-17-14(13-22-15)12-19-6-4-18(5-7-19)8-10-21-11-9-20/h13,20H,4-12H2,1-3H3. The molecule has 0 bridgehead atoms. The Morgan fingerprint density at radius 3 is 2.45 bits per heavy atom. The lowest BCUT2D eigenvalue weighted by Crippen LogP contribution is -2.46. The molecule has 0 radical (unpaired) electrons. The zero-order valence-corrected chi connectivity index (χ0v) is 14.9. The topological polar surface area (TPSA) is 48.8 Å². The van der Waals surface area contributed by atoms with Crippen molar-refractivity contribution < 1.29 is 9.84 Å². The van der Waals surface area contributed by atoms with Gasteiger partial charge < -0.3 is 9.84 Å². The molecule has 5 nitrogen and oxygen atoms in total. The van der Waals surface area contributed by atoms with E-state index in [9.17, 15) is 0 Å². The molecule has 2 heterocycles. The number of ether oxygens (including phenoxy) is 1. The van der Waals surface area contributed by atoms with Crippen LogP contribution in [0.2, 0.25) is 0 Å². The summed E-state index contributed by atoms with van der Waals surface area (Å²) in [6.45, 7) is 14.2. The summed E-state index contributed by atoms with van der Waals surface area (Å²) in [4.78, 5) is 9.69. The summed E-state index contributed by atoms with van der Waals surface area (Å²) in [7, 11) is 0. The molecule has 1 saturated heterocycles. The molecule has 0 aromatic carbocycles. The monoisotopic (exact) mass is 327 g/mol. The van der Waals surface area contributed by atoms with E-state index in [0.29, 0.717) is 13.2 Å². The van der Waals surface area contributed by atoms with Gasteiger partial charge in [-0.05, 0) is 0 Å². The minimum absolute atomic E-state index is 0.109. The summed E-state index contributed by atoms with van der Waals surface area (Å²) >= 11 is 1.78. The van der Waals surface area contributed by atoms with E-state index in [1.807, 2.05) is 0 Å². The summed E-state index contributed by atoms with van der Waals surface area (Å²) in [6.07, 6.45) is 0. The van der Waals surface area contributed by atoms with Crippen LogP contribution in [0.1, 0.15) is 31.5 Å². The molecule has 0 saturated carbocycles. The summed E-state index contributed by atoms with van der Waals surface area (Å²) in [5.74, 6) is 0. The first-order valence-electron chi connectivity index (χ1n) is 8.07. The highest BCUT2D eigenvalue weighted by atomic mass is 32.1. The first-order valence-corrected chi connectivity index (χ1v) is 8.95. The van der Waals surface area contributed by atoms with Crippen molar-refractivity contribution in [1.82, 2.24) is 14.8 Å². The normalized spacial score (nSPS) is 18.0. The molecule has 2 rings (SSSR count). The van der Waals surface area contributed by atoms with Crippen molar-refractivity contribution >= 4 is 11.3 Å². The number of nitrogens with zero attached hydrogens (tertiary/aromatic N) is 3. The van der Waals surface area contributed by atoms with Gasteiger partial charge in [-0.1, -0.05) is 20.8 Å². The fourth-order valence-electron chi connectivity index (χ4n) is 2.48. The van der Waals surface area contributed by atoms with Crippen LogP contribution in [0.15, 0.2) is 5.38 Å². The summed E-state index contributed by atoms with van der Waals surface area (Å²) < 4.78 is 5.33. The van der Waals surface area contributed by atoms with Crippen molar-refractivity contribution in [1.29, 1.82) is 0 Å². The number of rotatable bonds is 7. The molecular formula is C16H29N3O2S. The predicted octanol–water partition coefficient (Wildman–Crippen LogP) is 1.57. The van der Waals surface area contributed by atoms with Gasteiger partial charge in [0.1, 0.15) is 0 Å². The average molecular weight is 327 g/mol. The van der Waals surface area contributed by atoms with Crippen LogP contribution in [0.5, 0.6) is 0 Å². The van der Waals surface area contributed by atoms with Gasteiger partial charge in [-0.3, -0.25) is 9.80 Å². The minimum atomic E-state index is 0.109. The van der Waals surface area contributed by atoms with E-state index in [4.69, 9.17) is 14.8 Å². The molecule has 1 N–H and O–H groups in total. The molecule has 126 valence electrons. The molecule has 22 heavy (non-hydrogen) atoms. The van der Waals surface area contributed by atoms with Gasteiger partial charge in [-0.25, -0.2) is 4.98 Å². The van der Waals surface area contributed by atoms with E-state index in [1.54, 1.807) is 11.3 Å². The number of hydrogen-bond acceptors (Lipinski definition) is 6. The number of piperazine rings is 1. The lowest BCUT2D eigenvalue weighted by molar-refractivity contribution is 0.0562. The fourth-order valence-corrected chi connectivity index (χ4v) is 3.38. The number of aromatic nitrogens is 1. The first-order chi connectivity index (χ1) is 10.5. The van der Waals surface area contributed by atoms with Crippen LogP contribution in [0.25, 0.3) is 0 Å². The number of aliphatic hydroxyl groups excluding tert-OH is 1. The Labute approximate surface area is 137 Å². The fraction of sp³-hybridized carbons (Fsp3) is 0.812. The predicted molar refractivity (Wildman–Crippen MR) is 90.4 cm³/mol. The van der Waals surface area contributed by atoms with Gasteiger partial charge in [-0.15, -0.1) is 11.3 Å². The lowest BCUT2D eigenvalue weighted by Gasteiger charge is -2.34. The Hall–Kier alpha value is -0.530. The molecule has 0 spiro atoms. The quantitative estimate of drug-likeness (QED) is 0.770. The molecule has 1 aliphatic rings. The van der Waals surface area contributed by atoms with E-state index >= 15 is 0 Å². The molecule has 1 aromatic rings. The second kappa shape index (κ2) is 8.36. The van der Waals surface area contributed by atoms with Crippen molar-refractivity contribution in [2.45, 2.75) is 32.7 Å². The van der Waals surface area contributed by atoms with Crippen LogP contribution >= 0.6 is 11.3 Å². The van der Waals surface area contributed by atoms with Crippen LogP contribution < -0.4 is 0 Å². The van der Waals surface area contributed by atoms with Crippen molar-refractivity contribution in [3.8, 4) is 0 Å². The largest absolute Gasteiger partial charge is 0.394 e. The van der Waals surface area contributed by atoms with Gasteiger partial charge in [-0.2, -0.15) is 0 Å². The maximum absolute atomic E-state index is 8.68. The van der Waals surface area contributed by atoms with Gasteiger partial charge in [0.2, 0.25) is 0 Å². The molecule has 1 aromatic heterocycles. The lowest BCUT2D eigenvalue weighted by atomic mass is 9.98. The third-order valence-electron chi connectivity index (χ3n) is 3.83. The van der Waals surface area contributed by atoms with Crippen LogP contribution in [0.3, 0.4) is 0 Å². The van der Waals surface area contributed by atoms with Crippen LogP contribution in [-0.4, -0.2) is 72.4 Å². The van der Waals surface area contributed by atoms with Crippen LogP contribution in [-0.2, 0) is 16.7 Å². The molecule has 6 heteroatoms. The first kappa shape index (κ1) is 17.8. The van der Waals surface area contributed by atoms with Crippen molar-refractivity contribution in [2.24, 2.45) is 0 Å². The second-order valence-electron chi connectivity index (χ2n) is 6.85. The van der Waals surface area contributed by atoms with Gasteiger partial charge >= 0.3 is 0 Å². The molecule has 0 amide bonds. The van der Waals surface area contributed by atoms with Crippen molar-refractivity contribution in [3.05, 3.63) is 16.1 Å². The van der Waals surface area contributed by atoms with E-state index in [2.05, 4.69) is 36.0 Å². The maximum Gasteiger partial charge on any atom is 0.0982 e. The number of thiazole rings is 1. The van der Waals surface area contributed by atoms with Gasteiger partial charge in [0.05, 0.1) is 30.5 Å². The Morgan fingerprint density at radius 2 is 1.86 bits per heavy atom. The van der Waals surface area contributed by atoms with Crippen LogP contribution in [0.4, 0.5) is 0 Å². The summed E-state index contributed by atoms with van der Waals surface area (Å²) in [5, 5.41) is 12.1. The Balaban J connectivity index is 1.70. The Bertz CT molecular complexity index is 437. The third-order valence-corrected chi connectivity index (χ3v) is 5.15. The molecule has 1 fully saturated rings. The highest BCUT2D eigenvalue weighted by Crippen LogP contribution is 2.26. The Morgan fingerprint density at radius 1 is 1.18 bits per heavy atom. The highest BCUT2D eigenvalue weighted by Gasteiger charge is 2.20. The molecule has 0 aliphatic carbocycles. The molecule has 0 unspecified atom stereocenters. The van der Waals surface area contributed by atoms with E-state index in [-0.39, 0.29) is 12.0 Å². The highest BCUT2D eigenvalue weighted by molar-refractivity contribution is 7.09. The maximum atomic E-state index is 8.68. The number of aliphatic hydroxyl groups is 1. The molecule has 1 aliphatic heterocycles. The Kier molecular flexibility index (Phi) is 6.77. The smallest absolute Gasteiger partial charge is 0.0982 e. The molecular weight excluding hydrogens is 298 g/mol. The van der Waals surface area contributed by atoms with Gasteiger partial charge in [0.25, 0.3) is 0 Å². The van der Waals surface area contributed by atoms with Crippen molar-refractivity contribution in [3.63, 3.8) is 0 Å². The van der Waals surface area contributed by atoms with E-state index < -0.39 is 0 Å². The van der Waals surface area contributed by atoms with E-state index in [1.165, 1.54) is 10.7 Å². The van der Waals surface area contributed by atoms with Crippen molar-refractivity contribution in [2.75, 3.05) is 52.5 Å². The average Bonchev–Trinajstić information content (AvgIpc) is 2.94. The zero-order chi connectivity index (χ0) is 16.0. The SMILES string of the molecule is CC(C)(C)c1nc(CN2CCN(CCOCCO)CC2)cs1.